The first-order valence-electron chi connectivity index (χ1n) is 6.63. The molecule has 0 aromatic heterocycles. The zero-order valence-electron chi connectivity index (χ0n) is 11.9. The Labute approximate surface area is 133 Å². The Morgan fingerprint density at radius 3 is 2.57 bits per heavy atom. The first-order chi connectivity index (χ1) is 10.2. The van der Waals surface area contributed by atoms with Crippen molar-refractivity contribution in [1.82, 2.24) is 0 Å². The zero-order valence-corrected chi connectivity index (χ0v) is 13.5. The van der Waals surface area contributed by atoms with E-state index in [0.717, 1.165) is 33.8 Å². The second-order valence-electron chi connectivity index (χ2n) is 4.45. The van der Waals surface area contributed by atoms with Crippen LogP contribution < -0.4 is 14.8 Å². The molecule has 0 bridgehead atoms. The van der Waals surface area contributed by atoms with Crippen molar-refractivity contribution in [2.45, 2.75) is 6.54 Å². The molecule has 4 heteroatoms. The number of nitrogens with one attached hydrogen (secondary N) is 1. The smallest absolute Gasteiger partial charge is 0.161 e. The van der Waals surface area contributed by atoms with E-state index in [4.69, 9.17) is 9.47 Å². The third-order valence-corrected chi connectivity index (χ3v) is 3.45. The van der Waals surface area contributed by atoms with Crippen LogP contribution in [-0.2, 0) is 6.54 Å². The lowest BCUT2D eigenvalue weighted by Crippen LogP contribution is -2.01. The van der Waals surface area contributed by atoms with Crippen LogP contribution in [-0.4, -0.2) is 13.7 Å². The molecular formula is C17H18BrNO2. The summed E-state index contributed by atoms with van der Waals surface area (Å²) in [4.78, 5) is 0. The third-order valence-electron chi connectivity index (χ3n) is 2.93. The number of ether oxygens (including phenoxy) is 2. The van der Waals surface area contributed by atoms with Crippen molar-refractivity contribution in [2.24, 2.45) is 0 Å². The standard InChI is InChI=1S/C17H18BrNO2/c1-3-10-21-16-9-4-13(11-17(16)20-2)12-19-15-7-5-14(18)6-8-15/h3-9,11,19H,1,10,12H2,2H3. The Morgan fingerprint density at radius 1 is 1.14 bits per heavy atom. The van der Waals surface area contributed by atoms with Gasteiger partial charge in [-0.3, -0.25) is 0 Å². The predicted octanol–water partition coefficient (Wildman–Crippen LogP) is 4.63. The first-order valence-corrected chi connectivity index (χ1v) is 7.42. The van der Waals surface area contributed by atoms with Gasteiger partial charge >= 0.3 is 0 Å². The molecule has 2 aromatic rings. The molecular weight excluding hydrogens is 330 g/mol. The molecule has 2 rings (SSSR count). The number of hydrogen-bond donors (Lipinski definition) is 1. The van der Waals surface area contributed by atoms with E-state index in [1.807, 2.05) is 42.5 Å². The summed E-state index contributed by atoms with van der Waals surface area (Å²) in [6, 6.07) is 14.0. The van der Waals surface area contributed by atoms with E-state index in [9.17, 15) is 0 Å². The van der Waals surface area contributed by atoms with Crippen molar-refractivity contribution >= 4 is 21.6 Å². The van der Waals surface area contributed by atoms with Crippen LogP contribution in [0.5, 0.6) is 11.5 Å². The molecule has 2 aromatic carbocycles. The maximum absolute atomic E-state index is 5.54. The van der Waals surface area contributed by atoms with E-state index < -0.39 is 0 Å². The van der Waals surface area contributed by atoms with Gasteiger partial charge in [0.2, 0.25) is 0 Å². The molecule has 0 saturated carbocycles. The summed E-state index contributed by atoms with van der Waals surface area (Å²) in [5.41, 5.74) is 2.20. The molecule has 0 amide bonds. The Kier molecular flexibility index (Phi) is 5.69. The average Bonchev–Trinajstić information content (AvgIpc) is 2.52. The quantitative estimate of drug-likeness (QED) is 0.740. The van der Waals surface area contributed by atoms with Crippen LogP contribution in [0.2, 0.25) is 0 Å². The fourth-order valence-electron chi connectivity index (χ4n) is 1.86. The van der Waals surface area contributed by atoms with Gasteiger partial charge < -0.3 is 14.8 Å². The fourth-order valence-corrected chi connectivity index (χ4v) is 2.13. The topological polar surface area (TPSA) is 30.5 Å². The summed E-state index contributed by atoms with van der Waals surface area (Å²) in [6.07, 6.45) is 1.71. The van der Waals surface area contributed by atoms with Crippen LogP contribution in [0.4, 0.5) is 5.69 Å². The summed E-state index contributed by atoms with van der Waals surface area (Å²) in [7, 11) is 1.64. The maximum Gasteiger partial charge on any atom is 0.161 e. The molecule has 0 fully saturated rings. The molecule has 0 atom stereocenters. The predicted molar refractivity (Wildman–Crippen MR) is 90.2 cm³/mol. The highest BCUT2D eigenvalue weighted by atomic mass is 79.9. The van der Waals surface area contributed by atoms with Gasteiger partial charge in [0.15, 0.2) is 11.5 Å². The second-order valence-corrected chi connectivity index (χ2v) is 5.36. The monoisotopic (exact) mass is 347 g/mol. The number of anilines is 1. The summed E-state index contributed by atoms with van der Waals surface area (Å²) in [6.45, 7) is 4.83. The lowest BCUT2D eigenvalue weighted by atomic mass is 10.2. The van der Waals surface area contributed by atoms with Crippen molar-refractivity contribution in [3.8, 4) is 11.5 Å². The zero-order chi connectivity index (χ0) is 15.1. The van der Waals surface area contributed by atoms with E-state index in [0.29, 0.717) is 6.61 Å². The number of methoxy groups -OCH3 is 1. The summed E-state index contributed by atoms with van der Waals surface area (Å²) in [5.74, 6) is 1.46. The van der Waals surface area contributed by atoms with Gasteiger partial charge in [-0.25, -0.2) is 0 Å². The molecule has 110 valence electrons. The highest BCUT2D eigenvalue weighted by Crippen LogP contribution is 2.28. The SMILES string of the molecule is C=CCOc1ccc(CNc2ccc(Br)cc2)cc1OC. The minimum Gasteiger partial charge on any atom is -0.493 e. The van der Waals surface area contributed by atoms with Gasteiger partial charge in [-0.15, -0.1) is 0 Å². The van der Waals surface area contributed by atoms with Crippen molar-refractivity contribution in [3.05, 3.63) is 65.2 Å². The number of benzene rings is 2. The second kappa shape index (κ2) is 7.74. The van der Waals surface area contributed by atoms with Crippen LogP contribution in [0.15, 0.2) is 59.6 Å². The molecule has 1 N–H and O–H groups in total. The minimum atomic E-state index is 0.465. The van der Waals surface area contributed by atoms with Crippen LogP contribution in [0.3, 0.4) is 0 Å². The van der Waals surface area contributed by atoms with E-state index in [1.165, 1.54) is 0 Å². The Bertz CT molecular complexity index is 596. The summed E-state index contributed by atoms with van der Waals surface area (Å²) in [5, 5.41) is 3.37. The van der Waals surface area contributed by atoms with Crippen LogP contribution in [0.1, 0.15) is 5.56 Å². The molecule has 21 heavy (non-hydrogen) atoms. The van der Waals surface area contributed by atoms with Gasteiger partial charge in [-0.05, 0) is 42.0 Å². The van der Waals surface area contributed by atoms with Crippen molar-refractivity contribution in [3.63, 3.8) is 0 Å². The van der Waals surface area contributed by atoms with Gasteiger partial charge in [0.1, 0.15) is 6.61 Å². The van der Waals surface area contributed by atoms with Crippen LogP contribution >= 0.6 is 15.9 Å². The van der Waals surface area contributed by atoms with E-state index in [2.05, 4.69) is 27.8 Å². The average molecular weight is 348 g/mol. The van der Waals surface area contributed by atoms with Crippen molar-refractivity contribution in [1.29, 1.82) is 0 Å². The normalized spacial score (nSPS) is 10.0. The Hall–Kier alpha value is -1.94. The molecule has 0 heterocycles. The maximum atomic E-state index is 5.54. The molecule has 3 nitrogen and oxygen atoms in total. The molecule has 0 aliphatic rings. The van der Waals surface area contributed by atoms with E-state index in [1.54, 1.807) is 13.2 Å². The molecule has 0 saturated heterocycles. The molecule has 0 radical (unpaired) electrons. The molecule has 0 spiro atoms. The Morgan fingerprint density at radius 2 is 1.90 bits per heavy atom. The first kappa shape index (κ1) is 15.4. The minimum absolute atomic E-state index is 0.465. The lowest BCUT2D eigenvalue weighted by Gasteiger charge is -2.12. The largest absolute Gasteiger partial charge is 0.493 e. The Balaban J connectivity index is 2.03. The summed E-state index contributed by atoms with van der Waals surface area (Å²) >= 11 is 3.42. The molecule has 0 aliphatic carbocycles. The van der Waals surface area contributed by atoms with Gasteiger partial charge in [0, 0.05) is 16.7 Å². The molecule has 0 aliphatic heterocycles. The fraction of sp³-hybridized carbons (Fsp3) is 0.176. The van der Waals surface area contributed by atoms with Gasteiger partial charge in [-0.1, -0.05) is 34.7 Å². The van der Waals surface area contributed by atoms with Crippen LogP contribution in [0.25, 0.3) is 0 Å². The number of rotatable bonds is 7. The summed E-state index contributed by atoms with van der Waals surface area (Å²) < 4.78 is 12.0. The van der Waals surface area contributed by atoms with Gasteiger partial charge in [0.25, 0.3) is 0 Å². The van der Waals surface area contributed by atoms with Crippen molar-refractivity contribution < 1.29 is 9.47 Å². The van der Waals surface area contributed by atoms with E-state index >= 15 is 0 Å². The van der Waals surface area contributed by atoms with Gasteiger partial charge in [-0.2, -0.15) is 0 Å². The lowest BCUT2D eigenvalue weighted by molar-refractivity contribution is 0.326. The highest BCUT2D eigenvalue weighted by Gasteiger charge is 2.05. The third kappa shape index (κ3) is 4.53. The van der Waals surface area contributed by atoms with E-state index in [-0.39, 0.29) is 0 Å². The highest BCUT2D eigenvalue weighted by molar-refractivity contribution is 9.10. The van der Waals surface area contributed by atoms with Gasteiger partial charge in [0.05, 0.1) is 7.11 Å². The molecule has 0 unspecified atom stereocenters. The number of hydrogen-bond acceptors (Lipinski definition) is 3. The number of halogens is 1. The van der Waals surface area contributed by atoms with Crippen molar-refractivity contribution in [2.75, 3.05) is 19.0 Å². The van der Waals surface area contributed by atoms with Crippen LogP contribution in [0, 0.1) is 0 Å².